The number of aryl methyl sites for hydroxylation is 1. The molecule has 1 aliphatic carbocycles. The standard InChI is InChI=1S/C34H41N7O2/c1-23-21-25(9-10-26(23)24-11-14-34(15-12-24)16-18-35-19-17-34)37-32-36-22-27-30(39-32)41-29-8-6-7-28(38-29)33(2,43)13-4-3-5-20-40(41)31(27)42/h3,5-10,21-22,24,35,43H,4,11-20H2,1-2H3,(H,36,37,39). The van der Waals surface area contributed by atoms with Gasteiger partial charge in [-0.2, -0.15) is 4.98 Å². The normalized spacial score (nSPS) is 22.3. The van der Waals surface area contributed by atoms with Crippen molar-refractivity contribution in [1.29, 1.82) is 0 Å². The molecule has 4 aromatic rings. The quantitative estimate of drug-likeness (QED) is 0.271. The molecule has 9 heteroatoms. The van der Waals surface area contributed by atoms with Gasteiger partial charge >= 0.3 is 0 Å². The highest BCUT2D eigenvalue weighted by Crippen LogP contribution is 2.48. The number of benzene rings is 1. The summed E-state index contributed by atoms with van der Waals surface area (Å²) in [6.07, 6.45) is 14.6. The topological polar surface area (TPSA) is 110 Å². The molecule has 0 amide bonds. The first kappa shape index (κ1) is 28.0. The predicted octanol–water partition coefficient (Wildman–Crippen LogP) is 5.61. The van der Waals surface area contributed by atoms with Crippen LogP contribution in [0.15, 0.2) is 59.5 Å². The lowest BCUT2D eigenvalue weighted by molar-refractivity contribution is 0.0443. The summed E-state index contributed by atoms with van der Waals surface area (Å²) in [5.41, 5.74) is 3.99. The van der Waals surface area contributed by atoms with E-state index in [0.717, 1.165) is 5.69 Å². The molecule has 3 N–H and O–H groups in total. The SMILES string of the molecule is Cc1cc(Nc2ncc3c(=O)n4n(c3n2)-c2cccc(n2)C(C)(O)CCC=CC4)ccc1C1CCC2(CCNCC2)CC1. The second-order valence-electron chi connectivity index (χ2n) is 13.0. The van der Waals surface area contributed by atoms with E-state index < -0.39 is 5.60 Å². The number of piperidine rings is 1. The van der Waals surface area contributed by atoms with Crippen LogP contribution >= 0.6 is 0 Å². The minimum absolute atomic E-state index is 0.177. The van der Waals surface area contributed by atoms with Crippen LogP contribution in [0.5, 0.6) is 0 Å². The summed E-state index contributed by atoms with van der Waals surface area (Å²) in [5, 5.41) is 18.4. The van der Waals surface area contributed by atoms with E-state index in [1.807, 2.05) is 30.4 Å². The van der Waals surface area contributed by atoms with Crippen molar-refractivity contribution in [3.8, 4) is 5.82 Å². The lowest BCUT2D eigenvalue weighted by Gasteiger charge is -2.43. The fraction of sp³-hybridized carbons (Fsp3) is 0.471. The van der Waals surface area contributed by atoms with Gasteiger partial charge in [-0.1, -0.05) is 24.3 Å². The van der Waals surface area contributed by atoms with Gasteiger partial charge in [0.1, 0.15) is 11.0 Å². The monoisotopic (exact) mass is 579 g/mol. The van der Waals surface area contributed by atoms with Crippen LogP contribution in [0.25, 0.3) is 16.9 Å². The number of fused-ring (bicyclic) bond motifs is 6. The van der Waals surface area contributed by atoms with Gasteiger partial charge in [-0.15, -0.1) is 0 Å². The van der Waals surface area contributed by atoms with Crippen LogP contribution in [-0.4, -0.2) is 42.5 Å². The first-order valence-corrected chi connectivity index (χ1v) is 15.7. The van der Waals surface area contributed by atoms with Gasteiger partial charge in [0.05, 0.1) is 12.2 Å². The number of pyridine rings is 1. The number of hydrogen-bond donors (Lipinski definition) is 3. The molecular formula is C34H41N7O2. The molecule has 1 saturated heterocycles. The summed E-state index contributed by atoms with van der Waals surface area (Å²) >= 11 is 0. The molecule has 1 atom stereocenters. The summed E-state index contributed by atoms with van der Waals surface area (Å²) in [7, 11) is 0. The number of aliphatic hydroxyl groups is 1. The number of aromatic nitrogens is 5. The van der Waals surface area contributed by atoms with Gasteiger partial charge in [-0.3, -0.25) is 4.79 Å². The maximum atomic E-state index is 13.5. The lowest BCUT2D eigenvalue weighted by Crippen LogP contribution is -2.38. The summed E-state index contributed by atoms with van der Waals surface area (Å²) in [6.45, 7) is 6.68. The summed E-state index contributed by atoms with van der Waals surface area (Å²) in [4.78, 5) is 27.6. The molecule has 1 unspecified atom stereocenters. The van der Waals surface area contributed by atoms with Crippen molar-refractivity contribution in [3.05, 3.63) is 81.9 Å². The summed E-state index contributed by atoms with van der Waals surface area (Å²) < 4.78 is 3.37. The molecule has 0 radical (unpaired) electrons. The summed E-state index contributed by atoms with van der Waals surface area (Å²) in [5.74, 6) is 1.56. The van der Waals surface area contributed by atoms with Crippen LogP contribution in [-0.2, 0) is 12.1 Å². The fourth-order valence-corrected chi connectivity index (χ4v) is 7.45. The lowest BCUT2D eigenvalue weighted by atomic mass is 9.64. The molecule has 3 aliphatic rings. The van der Waals surface area contributed by atoms with Gasteiger partial charge in [-0.05, 0) is 125 Å². The Morgan fingerprint density at radius 3 is 2.63 bits per heavy atom. The zero-order chi connectivity index (χ0) is 29.6. The zero-order valence-electron chi connectivity index (χ0n) is 25.1. The van der Waals surface area contributed by atoms with E-state index in [2.05, 4.69) is 40.7 Å². The van der Waals surface area contributed by atoms with Crippen molar-refractivity contribution < 1.29 is 5.11 Å². The Morgan fingerprint density at radius 2 is 1.84 bits per heavy atom. The molecule has 1 saturated carbocycles. The number of anilines is 2. The molecule has 2 aliphatic heterocycles. The molecule has 3 aromatic heterocycles. The van der Waals surface area contributed by atoms with E-state index in [0.29, 0.717) is 59.2 Å². The van der Waals surface area contributed by atoms with Crippen LogP contribution in [0.2, 0.25) is 0 Å². The van der Waals surface area contributed by atoms with Crippen LogP contribution < -0.4 is 16.2 Å². The fourth-order valence-electron chi connectivity index (χ4n) is 7.45. The average molecular weight is 580 g/mol. The smallest absolute Gasteiger partial charge is 0.278 e. The molecular weight excluding hydrogens is 538 g/mol. The van der Waals surface area contributed by atoms with Crippen molar-refractivity contribution >= 4 is 22.7 Å². The van der Waals surface area contributed by atoms with Crippen LogP contribution in [0.3, 0.4) is 0 Å². The highest BCUT2D eigenvalue weighted by Gasteiger charge is 2.36. The van der Waals surface area contributed by atoms with Gasteiger partial charge in [0.25, 0.3) is 5.56 Å². The van der Waals surface area contributed by atoms with E-state index in [-0.39, 0.29) is 5.56 Å². The Labute approximate surface area is 252 Å². The number of nitrogens with one attached hydrogen (secondary N) is 2. The minimum Gasteiger partial charge on any atom is -0.384 e. The second-order valence-corrected chi connectivity index (χ2v) is 13.0. The highest BCUT2D eigenvalue weighted by atomic mass is 16.3. The van der Waals surface area contributed by atoms with Gasteiger partial charge < -0.3 is 15.7 Å². The van der Waals surface area contributed by atoms with Crippen molar-refractivity contribution in [2.24, 2.45) is 5.41 Å². The number of rotatable bonds is 3. The maximum Gasteiger partial charge on any atom is 0.278 e. The van der Waals surface area contributed by atoms with Crippen molar-refractivity contribution in [2.45, 2.75) is 83.3 Å². The van der Waals surface area contributed by atoms with E-state index in [4.69, 9.17) is 9.97 Å². The van der Waals surface area contributed by atoms with Crippen molar-refractivity contribution in [1.82, 2.24) is 29.6 Å². The Hall–Kier alpha value is -3.82. The van der Waals surface area contributed by atoms with E-state index in [1.54, 1.807) is 22.5 Å². The Bertz CT molecular complexity index is 1740. The third-order valence-corrected chi connectivity index (χ3v) is 10.1. The molecule has 2 bridgehead atoms. The van der Waals surface area contributed by atoms with Gasteiger partial charge in [0, 0.05) is 11.9 Å². The first-order chi connectivity index (χ1) is 20.8. The van der Waals surface area contributed by atoms with Gasteiger partial charge in [-0.25, -0.2) is 19.3 Å². The second kappa shape index (κ2) is 11.0. The molecule has 43 heavy (non-hydrogen) atoms. The van der Waals surface area contributed by atoms with Gasteiger partial charge in [0.15, 0.2) is 11.5 Å². The largest absolute Gasteiger partial charge is 0.384 e. The summed E-state index contributed by atoms with van der Waals surface area (Å²) in [6, 6.07) is 12.1. The van der Waals surface area contributed by atoms with Crippen molar-refractivity contribution in [2.75, 3.05) is 18.4 Å². The van der Waals surface area contributed by atoms with Crippen molar-refractivity contribution in [3.63, 3.8) is 0 Å². The van der Waals surface area contributed by atoms with Crippen LogP contribution in [0.1, 0.15) is 81.0 Å². The number of hydrogen-bond acceptors (Lipinski definition) is 7. The molecule has 2 fully saturated rings. The molecule has 224 valence electrons. The maximum absolute atomic E-state index is 13.5. The van der Waals surface area contributed by atoms with E-state index in [9.17, 15) is 9.90 Å². The first-order valence-electron chi connectivity index (χ1n) is 15.7. The van der Waals surface area contributed by atoms with E-state index in [1.165, 1.54) is 62.7 Å². The molecule has 7 rings (SSSR count). The number of nitrogens with zero attached hydrogens (tertiary/aromatic N) is 5. The zero-order valence-corrected chi connectivity index (χ0v) is 25.1. The number of allylic oxidation sites excluding steroid dienone is 2. The van der Waals surface area contributed by atoms with Crippen LogP contribution in [0.4, 0.5) is 11.6 Å². The average Bonchev–Trinajstić information content (AvgIpc) is 3.27. The third-order valence-electron chi connectivity index (χ3n) is 10.1. The molecule has 1 aromatic carbocycles. The Balaban J connectivity index is 1.18. The highest BCUT2D eigenvalue weighted by molar-refractivity contribution is 5.77. The Morgan fingerprint density at radius 1 is 1.02 bits per heavy atom. The van der Waals surface area contributed by atoms with Crippen LogP contribution in [0, 0.1) is 12.3 Å². The Kier molecular flexibility index (Phi) is 7.18. The predicted molar refractivity (Wildman–Crippen MR) is 169 cm³/mol. The minimum atomic E-state index is -1.09. The third kappa shape index (κ3) is 5.29. The molecule has 1 spiro atoms. The molecule has 9 nitrogen and oxygen atoms in total. The van der Waals surface area contributed by atoms with Gasteiger partial charge in [0.2, 0.25) is 5.95 Å². The van der Waals surface area contributed by atoms with E-state index >= 15 is 0 Å². The molecule has 5 heterocycles.